The van der Waals surface area contributed by atoms with E-state index in [4.69, 9.17) is 9.97 Å². The molecule has 4 nitrogen and oxygen atoms in total. The van der Waals surface area contributed by atoms with Crippen molar-refractivity contribution < 1.29 is 0 Å². The van der Waals surface area contributed by atoms with E-state index in [2.05, 4.69) is 70.0 Å². The molecule has 0 spiro atoms. The molecule has 7 aromatic rings. The third kappa shape index (κ3) is 2.20. The van der Waals surface area contributed by atoms with Crippen LogP contribution in [0.4, 0.5) is 0 Å². The molecule has 0 aliphatic heterocycles. The molecule has 35 heavy (non-hydrogen) atoms. The minimum atomic E-state index is 0.927. The summed E-state index contributed by atoms with van der Waals surface area (Å²) in [7, 11) is 0. The summed E-state index contributed by atoms with van der Waals surface area (Å²) in [5.41, 5.74) is 15.1. The Hall–Kier alpha value is -4.57. The molecular formula is C31H18N4. The highest BCUT2D eigenvalue weighted by Gasteiger charge is 2.26. The summed E-state index contributed by atoms with van der Waals surface area (Å²) in [5.74, 6) is 0. The SMILES string of the molecule is c1ccc2c(c1)Cc1cc3c(cc1-2)-c1cc2nc4c5ccncc5c5cccnc5n4c2cc1C3. The quantitative estimate of drug-likeness (QED) is 0.243. The maximum atomic E-state index is 5.15. The van der Waals surface area contributed by atoms with Gasteiger partial charge in [-0.2, -0.15) is 0 Å². The van der Waals surface area contributed by atoms with Gasteiger partial charge >= 0.3 is 0 Å². The first-order valence-electron chi connectivity index (χ1n) is 12.0. The van der Waals surface area contributed by atoms with E-state index in [1.54, 1.807) is 0 Å². The van der Waals surface area contributed by atoms with Crippen LogP contribution in [-0.4, -0.2) is 19.4 Å². The van der Waals surface area contributed by atoms with Gasteiger partial charge in [0.2, 0.25) is 0 Å². The molecule has 2 aliphatic rings. The first-order chi connectivity index (χ1) is 17.3. The first-order valence-corrected chi connectivity index (χ1v) is 12.0. The van der Waals surface area contributed by atoms with Crippen molar-refractivity contribution >= 4 is 38.5 Å². The lowest BCUT2D eigenvalue weighted by Gasteiger charge is -2.08. The minimum absolute atomic E-state index is 0.927. The standard InChI is InChI=1S/C31H18N4/c1-2-5-21-17(4-1)10-18-11-19-12-20-13-29-28(15-26(20)25(19)14-24(18)21)34-31-23-7-9-32-16-27(23)22-6-3-8-33-30(22)35(29)31/h1-9,11,13-16H,10,12H2. The van der Waals surface area contributed by atoms with E-state index in [1.807, 2.05) is 24.7 Å². The first kappa shape index (κ1) is 17.8. The van der Waals surface area contributed by atoms with Gasteiger partial charge in [0.25, 0.3) is 0 Å². The van der Waals surface area contributed by atoms with Crippen LogP contribution < -0.4 is 0 Å². The van der Waals surface area contributed by atoms with E-state index in [-0.39, 0.29) is 0 Å². The van der Waals surface area contributed by atoms with Gasteiger partial charge in [0.15, 0.2) is 0 Å². The number of imidazole rings is 1. The molecule has 4 aromatic heterocycles. The van der Waals surface area contributed by atoms with Gasteiger partial charge in [-0.3, -0.25) is 9.38 Å². The highest BCUT2D eigenvalue weighted by molar-refractivity contribution is 6.12. The fraction of sp³-hybridized carbons (Fsp3) is 0.0645. The molecule has 0 saturated heterocycles. The highest BCUT2D eigenvalue weighted by atomic mass is 15.1. The number of hydrogen-bond donors (Lipinski definition) is 0. The van der Waals surface area contributed by atoms with Crippen LogP contribution in [0, 0.1) is 0 Å². The number of hydrogen-bond acceptors (Lipinski definition) is 3. The Bertz CT molecular complexity index is 2070. The Balaban J connectivity index is 1.35. The van der Waals surface area contributed by atoms with Crippen LogP contribution in [0.25, 0.3) is 60.7 Å². The van der Waals surface area contributed by atoms with Crippen molar-refractivity contribution in [1.82, 2.24) is 19.4 Å². The molecule has 2 aliphatic carbocycles. The van der Waals surface area contributed by atoms with E-state index >= 15 is 0 Å². The molecule has 0 atom stereocenters. The van der Waals surface area contributed by atoms with E-state index < -0.39 is 0 Å². The van der Waals surface area contributed by atoms with Crippen LogP contribution in [0.15, 0.2) is 85.3 Å². The summed E-state index contributed by atoms with van der Waals surface area (Å²) >= 11 is 0. The van der Waals surface area contributed by atoms with Gasteiger partial charge in [-0.1, -0.05) is 30.3 Å². The van der Waals surface area contributed by atoms with Gasteiger partial charge in [-0.25, -0.2) is 9.97 Å². The second-order valence-corrected chi connectivity index (χ2v) is 9.74. The second kappa shape index (κ2) is 6.10. The van der Waals surface area contributed by atoms with Crippen molar-refractivity contribution in [3.05, 3.63) is 108 Å². The molecule has 0 N–H and O–H groups in total. The average Bonchev–Trinajstić information content (AvgIpc) is 3.56. The number of rotatable bonds is 0. The number of benzene rings is 3. The van der Waals surface area contributed by atoms with Crippen LogP contribution >= 0.6 is 0 Å². The average molecular weight is 447 g/mol. The van der Waals surface area contributed by atoms with Crippen LogP contribution in [0.3, 0.4) is 0 Å². The number of aromatic nitrogens is 4. The summed E-state index contributed by atoms with van der Waals surface area (Å²) in [5, 5.41) is 3.29. The molecule has 0 saturated carbocycles. The molecule has 0 fully saturated rings. The fourth-order valence-corrected chi connectivity index (χ4v) is 6.39. The normalized spacial score (nSPS) is 13.5. The van der Waals surface area contributed by atoms with E-state index in [0.717, 1.165) is 51.3 Å². The molecule has 0 radical (unpaired) electrons. The summed E-state index contributed by atoms with van der Waals surface area (Å²) in [6.07, 6.45) is 7.62. The largest absolute Gasteiger partial charge is 0.276 e. The molecule has 162 valence electrons. The Morgan fingerprint density at radius 3 is 2.37 bits per heavy atom. The Morgan fingerprint density at radius 1 is 0.600 bits per heavy atom. The lowest BCUT2D eigenvalue weighted by atomic mass is 9.98. The predicted molar refractivity (Wildman–Crippen MR) is 140 cm³/mol. The number of fused-ring (bicyclic) bond motifs is 14. The zero-order chi connectivity index (χ0) is 22.7. The van der Waals surface area contributed by atoms with Gasteiger partial charge in [0, 0.05) is 34.7 Å². The van der Waals surface area contributed by atoms with Crippen LogP contribution in [0.1, 0.15) is 22.3 Å². The number of nitrogens with zero attached hydrogens (tertiary/aromatic N) is 4. The second-order valence-electron chi connectivity index (χ2n) is 9.74. The van der Waals surface area contributed by atoms with Crippen LogP contribution in [-0.2, 0) is 12.8 Å². The van der Waals surface area contributed by atoms with E-state index in [1.165, 1.54) is 44.5 Å². The van der Waals surface area contributed by atoms with Crippen molar-refractivity contribution in [2.45, 2.75) is 12.8 Å². The van der Waals surface area contributed by atoms with Crippen LogP contribution in [0.2, 0.25) is 0 Å². The van der Waals surface area contributed by atoms with E-state index in [9.17, 15) is 0 Å². The predicted octanol–water partition coefficient (Wildman–Crippen LogP) is 6.73. The summed E-state index contributed by atoms with van der Waals surface area (Å²) in [6.45, 7) is 0. The van der Waals surface area contributed by atoms with E-state index in [0.29, 0.717) is 0 Å². The van der Waals surface area contributed by atoms with Gasteiger partial charge in [0.05, 0.1) is 11.0 Å². The molecule has 0 unspecified atom stereocenters. The smallest absolute Gasteiger partial charge is 0.147 e. The van der Waals surface area contributed by atoms with Crippen molar-refractivity contribution in [3.63, 3.8) is 0 Å². The molecule has 4 heteroatoms. The van der Waals surface area contributed by atoms with Gasteiger partial charge in [0.1, 0.15) is 11.3 Å². The molecule has 4 heterocycles. The summed E-state index contributed by atoms with van der Waals surface area (Å²) in [6, 6.07) is 24.5. The Morgan fingerprint density at radius 2 is 1.40 bits per heavy atom. The monoisotopic (exact) mass is 446 g/mol. The van der Waals surface area contributed by atoms with Crippen molar-refractivity contribution in [2.24, 2.45) is 0 Å². The molecule has 3 aromatic carbocycles. The molecule has 0 bridgehead atoms. The molecule has 9 rings (SSSR count). The minimum Gasteiger partial charge on any atom is -0.276 e. The van der Waals surface area contributed by atoms with Crippen LogP contribution in [0.5, 0.6) is 0 Å². The topological polar surface area (TPSA) is 43.1 Å². The van der Waals surface area contributed by atoms with Gasteiger partial charge < -0.3 is 0 Å². The fourth-order valence-electron chi connectivity index (χ4n) is 6.39. The van der Waals surface area contributed by atoms with Gasteiger partial charge in [-0.15, -0.1) is 0 Å². The zero-order valence-electron chi connectivity index (χ0n) is 18.8. The maximum absolute atomic E-state index is 5.15. The molecular weight excluding hydrogens is 428 g/mol. The lowest BCUT2D eigenvalue weighted by molar-refractivity contribution is 1.20. The number of pyridine rings is 3. The van der Waals surface area contributed by atoms with Gasteiger partial charge in [-0.05, 0) is 93.7 Å². The zero-order valence-corrected chi connectivity index (χ0v) is 18.8. The third-order valence-corrected chi connectivity index (χ3v) is 7.92. The summed E-state index contributed by atoms with van der Waals surface area (Å²) in [4.78, 5) is 14.3. The third-order valence-electron chi connectivity index (χ3n) is 7.92. The highest BCUT2D eigenvalue weighted by Crippen LogP contribution is 2.46. The van der Waals surface area contributed by atoms with Crippen molar-refractivity contribution in [3.8, 4) is 22.3 Å². The van der Waals surface area contributed by atoms with Crippen molar-refractivity contribution in [1.29, 1.82) is 0 Å². The Kier molecular flexibility index (Phi) is 3.11. The summed E-state index contributed by atoms with van der Waals surface area (Å²) < 4.78 is 2.23. The maximum Gasteiger partial charge on any atom is 0.147 e. The Labute approximate surface area is 200 Å². The van der Waals surface area contributed by atoms with Crippen molar-refractivity contribution in [2.75, 3.05) is 0 Å². The lowest BCUT2D eigenvalue weighted by Crippen LogP contribution is -1.94. The molecule has 0 amide bonds.